The molecule has 0 amide bonds. The second-order valence-corrected chi connectivity index (χ2v) is 6.84. The number of azo groups is 1. The summed E-state index contributed by atoms with van der Waals surface area (Å²) in [5.41, 5.74) is 3.24. The van der Waals surface area contributed by atoms with E-state index in [0.717, 1.165) is 16.8 Å². The van der Waals surface area contributed by atoms with Crippen molar-refractivity contribution in [2.24, 2.45) is 10.2 Å². The van der Waals surface area contributed by atoms with E-state index in [1.54, 1.807) is 6.07 Å². The quantitative estimate of drug-likeness (QED) is 0.670. The van der Waals surface area contributed by atoms with Crippen molar-refractivity contribution in [2.75, 3.05) is 0 Å². The first-order valence-electron chi connectivity index (χ1n) is 7.64. The highest BCUT2D eigenvalue weighted by Crippen LogP contribution is 2.38. The summed E-state index contributed by atoms with van der Waals surface area (Å²) in [5, 5.41) is 19.0. The lowest BCUT2D eigenvalue weighted by atomic mass is 9.86. The first kappa shape index (κ1) is 16.2. The minimum Gasteiger partial charge on any atom is -0.505 e. The molecule has 2 aromatic carbocycles. The van der Waals surface area contributed by atoms with Crippen LogP contribution in [0, 0.1) is 0 Å². The molecule has 0 saturated heterocycles. The molecular formula is C19H24N2O. The molecule has 1 N–H and O–H groups in total. The van der Waals surface area contributed by atoms with E-state index in [2.05, 4.69) is 50.9 Å². The summed E-state index contributed by atoms with van der Waals surface area (Å²) in [7, 11) is 0. The van der Waals surface area contributed by atoms with Gasteiger partial charge in [0.05, 0.1) is 5.69 Å². The van der Waals surface area contributed by atoms with Crippen LogP contribution in [0.25, 0.3) is 0 Å². The van der Waals surface area contributed by atoms with Crippen molar-refractivity contribution in [3.05, 3.63) is 53.6 Å². The number of aromatic hydroxyl groups is 1. The molecule has 3 heteroatoms. The Morgan fingerprint density at radius 2 is 1.45 bits per heavy atom. The van der Waals surface area contributed by atoms with E-state index in [9.17, 15) is 5.11 Å². The molecule has 0 heterocycles. The summed E-state index contributed by atoms with van der Waals surface area (Å²) >= 11 is 0. The summed E-state index contributed by atoms with van der Waals surface area (Å²) < 4.78 is 0. The maximum Gasteiger partial charge on any atom is 0.146 e. The van der Waals surface area contributed by atoms with Gasteiger partial charge in [-0.3, -0.25) is 0 Å². The highest BCUT2D eigenvalue weighted by molar-refractivity contribution is 5.57. The highest BCUT2D eigenvalue weighted by atomic mass is 16.3. The van der Waals surface area contributed by atoms with Crippen LogP contribution in [-0.4, -0.2) is 5.11 Å². The third kappa shape index (κ3) is 3.53. The molecule has 0 aliphatic rings. The Bertz CT molecular complexity index is 682. The minimum absolute atomic E-state index is 0.133. The van der Waals surface area contributed by atoms with Gasteiger partial charge in [0.1, 0.15) is 11.4 Å². The molecule has 0 aliphatic heterocycles. The monoisotopic (exact) mass is 296 g/mol. The molecule has 2 rings (SSSR count). The standard InChI is InChI=1S/C19H24N2O/c1-13(2)14-9-6-7-11-16(14)20-21-17-12-8-10-15(18(17)22)19(3,4)5/h6-13,22H,1-5H3. The molecule has 0 saturated carbocycles. The van der Waals surface area contributed by atoms with Crippen LogP contribution in [0.15, 0.2) is 52.7 Å². The number of para-hydroxylation sites is 1. The zero-order valence-corrected chi connectivity index (χ0v) is 14.0. The number of phenolic OH excluding ortho intramolecular Hbond substituents is 1. The largest absolute Gasteiger partial charge is 0.505 e. The first-order chi connectivity index (χ1) is 10.3. The Morgan fingerprint density at radius 3 is 2.09 bits per heavy atom. The van der Waals surface area contributed by atoms with Crippen LogP contribution < -0.4 is 0 Å². The average molecular weight is 296 g/mol. The topological polar surface area (TPSA) is 45.0 Å². The van der Waals surface area contributed by atoms with Gasteiger partial charge in [-0.2, -0.15) is 5.11 Å². The van der Waals surface area contributed by atoms with Gasteiger partial charge < -0.3 is 5.11 Å². The fourth-order valence-electron chi connectivity index (χ4n) is 2.39. The van der Waals surface area contributed by atoms with Crippen molar-refractivity contribution in [3.8, 4) is 5.75 Å². The molecule has 0 atom stereocenters. The van der Waals surface area contributed by atoms with Crippen molar-refractivity contribution in [1.29, 1.82) is 0 Å². The van der Waals surface area contributed by atoms with Gasteiger partial charge in [0.2, 0.25) is 0 Å². The summed E-state index contributed by atoms with van der Waals surface area (Å²) in [5.74, 6) is 0.588. The van der Waals surface area contributed by atoms with Crippen LogP contribution in [-0.2, 0) is 5.41 Å². The molecule has 0 spiro atoms. The molecule has 0 aliphatic carbocycles. The number of hydrogen-bond donors (Lipinski definition) is 1. The normalized spacial score (nSPS) is 12.3. The Kier molecular flexibility index (Phi) is 4.65. The van der Waals surface area contributed by atoms with Crippen LogP contribution >= 0.6 is 0 Å². The van der Waals surface area contributed by atoms with Gasteiger partial charge in [0.15, 0.2) is 0 Å². The predicted octanol–water partition coefficient (Wildman–Crippen LogP) is 6.23. The Morgan fingerprint density at radius 1 is 0.864 bits per heavy atom. The zero-order valence-electron chi connectivity index (χ0n) is 14.0. The van der Waals surface area contributed by atoms with E-state index in [-0.39, 0.29) is 11.2 Å². The van der Waals surface area contributed by atoms with Crippen LogP contribution in [0.3, 0.4) is 0 Å². The van der Waals surface area contributed by atoms with Crippen molar-refractivity contribution < 1.29 is 5.11 Å². The number of nitrogens with zero attached hydrogens (tertiary/aromatic N) is 2. The lowest BCUT2D eigenvalue weighted by molar-refractivity contribution is 0.448. The maximum absolute atomic E-state index is 10.4. The molecule has 0 radical (unpaired) electrons. The van der Waals surface area contributed by atoms with E-state index in [0.29, 0.717) is 11.6 Å². The summed E-state index contributed by atoms with van der Waals surface area (Å²) in [6, 6.07) is 13.6. The minimum atomic E-state index is -0.133. The molecule has 0 fully saturated rings. The van der Waals surface area contributed by atoms with E-state index in [4.69, 9.17) is 0 Å². The van der Waals surface area contributed by atoms with Crippen molar-refractivity contribution in [2.45, 2.75) is 46.0 Å². The van der Waals surface area contributed by atoms with Crippen LogP contribution in [0.5, 0.6) is 5.75 Å². The molecular weight excluding hydrogens is 272 g/mol. The van der Waals surface area contributed by atoms with Gasteiger partial charge in [-0.15, -0.1) is 5.11 Å². The van der Waals surface area contributed by atoms with Gasteiger partial charge >= 0.3 is 0 Å². The van der Waals surface area contributed by atoms with E-state index >= 15 is 0 Å². The molecule has 3 nitrogen and oxygen atoms in total. The summed E-state index contributed by atoms with van der Waals surface area (Å²) in [4.78, 5) is 0. The smallest absolute Gasteiger partial charge is 0.146 e. The van der Waals surface area contributed by atoms with Gasteiger partial charge in [-0.05, 0) is 29.0 Å². The number of rotatable bonds is 3. The van der Waals surface area contributed by atoms with Gasteiger partial charge in [-0.25, -0.2) is 0 Å². The second-order valence-electron chi connectivity index (χ2n) is 6.84. The van der Waals surface area contributed by atoms with Crippen LogP contribution in [0.2, 0.25) is 0 Å². The Labute approximate surface area is 132 Å². The Balaban J connectivity index is 2.40. The van der Waals surface area contributed by atoms with Gasteiger partial charge in [-0.1, -0.05) is 65.0 Å². The Hall–Kier alpha value is -2.16. The third-order valence-electron chi connectivity index (χ3n) is 3.65. The molecule has 116 valence electrons. The van der Waals surface area contributed by atoms with Crippen molar-refractivity contribution >= 4 is 11.4 Å². The molecule has 0 unspecified atom stereocenters. The lowest BCUT2D eigenvalue weighted by Gasteiger charge is -2.20. The van der Waals surface area contributed by atoms with Crippen molar-refractivity contribution in [1.82, 2.24) is 0 Å². The van der Waals surface area contributed by atoms with Crippen LogP contribution in [0.1, 0.15) is 51.7 Å². The summed E-state index contributed by atoms with van der Waals surface area (Å²) in [6.45, 7) is 10.5. The second kappa shape index (κ2) is 6.30. The van der Waals surface area contributed by atoms with E-state index < -0.39 is 0 Å². The fourth-order valence-corrected chi connectivity index (χ4v) is 2.39. The maximum atomic E-state index is 10.4. The average Bonchev–Trinajstić information content (AvgIpc) is 2.45. The molecule has 0 bridgehead atoms. The first-order valence-corrected chi connectivity index (χ1v) is 7.64. The predicted molar refractivity (Wildman–Crippen MR) is 91.5 cm³/mol. The molecule has 0 aromatic heterocycles. The van der Waals surface area contributed by atoms with Gasteiger partial charge in [0.25, 0.3) is 0 Å². The van der Waals surface area contributed by atoms with Crippen molar-refractivity contribution in [3.63, 3.8) is 0 Å². The number of benzene rings is 2. The fraction of sp³-hybridized carbons (Fsp3) is 0.368. The number of hydrogen-bond acceptors (Lipinski definition) is 3. The molecule has 22 heavy (non-hydrogen) atoms. The highest BCUT2D eigenvalue weighted by Gasteiger charge is 2.19. The van der Waals surface area contributed by atoms with E-state index in [1.165, 1.54) is 0 Å². The third-order valence-corrected chi connectivity index (χ3v) is 3.65. The number of phenols is 1. The zero-order chi connectivity index (χ0) is 16.3. The summed E-state index contributed by atoms with van der Waals surface area (Å²) in [6.07, 6.45) is 0. The van der Waals surface area contributed by atoms with Crippen LogP contribution in [0.4, 0.5) is 11.4 Å². The van der Waals surface area contributed by atoms with Gasteiger partial charge in [0, 0.05) is 5.56 Å². The SMILES string of the molecule is CC(C)c1ccccc1N=Nc1cccc(C(C)(C)C)c1O. The molecule has 2 aromatic rings. The van der Waals surface area contributed by atoms with E-state index in [1.807, 2.05) is 30.3 Å². The lowest BCUT2D eigenvalue weighted by Crippen LogP contribution is -2.10.